The lowest BCUT2D eigenvalue weighted by atomic mass is 10.2. The molecule has 0 radical (unpaired) electrons. The van der Waals surface area contributed by atoms with Crippen molar-refractivity contribution in [2.45, 2.75) is 11.8 Å². The number of hydrogen-bond donors (Lipinski definition) is 1. The molecular weight excluding hydrogens is 262 g/mol. The van der Waals surface area contributed by atoms with Gasteiger partial charge < -0.3 is 5.32 Å². The van der Waals surface area contributed by atoms with Gasteiger partial charge in [-0.1, -0.05) is 0 Å². The minimum absolute atomic E-state index is 0.0896. The quantitative estimate of drug-likeness (QED) is 0.872. The van der Waals surface area contributed by atoms with Crippen molar-refractivity contribution in [2.75, 3.05) is 26.2 Å². The van der Waals surface area contributed by atoms with Crippen molar-refractivity contribution in [2.24, 2.45) is 0 Å². The Morgan fingerprint density at radius 2 is 1.78 bits per heavy atom. The molecule has 0 bridgehead atoms. The van der Waals surface area contributed by atoms with E-state index in [0.29, 0.717) is 13.1 Å². The van der Waals surface area contributed by atoms with Crippen LogP contribution in [0, 0.1) is 18.6 Å². The lowest BCUT2D eigenvalue weighted by Crippen LogP contribution is -2.46. The third-order valence-corrected chi connectivity index (χ3v) is 4.82. The molecule has 1 aliphatic heterocycles. The number of piperazine rings is 1. The van der Waals surface area contributed by atoms with Gasteiger partial charge in [-0.25, -0.2) is 17.2 Å². The standard InChI is InChI=1S/C11H14F2N2O2S/c1-8-6-10(13)11(7-9(8)12)18(16,17)15-4-2-14-3-5-15/h6-7,14H,2-5H2,1H3. The third-order valence-electron chi connectivity index (χ3n) is 2.91. The fourth-order valence-electron chi connectivity index (χ4n) is 1.85. The maximum absolute atomic E-state index is 13.7. The summed E-state index contributed by atoms with van der Waals surface area (Å²) < 4.78 is 52.6. The number of aryl methyl sites for hydroxylation is 1. The van der Waals surface area contributed by atoms with Crippen molar-refractivity contribution in [3.63, 3.8) is 0 Å². The Morgan fingerprint density at radius 3 is 2.39 bits per heavy atom. The predicted octanol–water partition coefficient (Wildman–Crippen LogP) is 0.867. The zero-order chi connectivity index (χ0) is 13.3. The molecule has 0 amide bonds. The molecule has 0 saturated carbocycles. The molecule has 1 aliphatic rings. The molecule has 0 aliphatic carbocycles. The fraction of sp³-hybridized carbons (Fsp3) is 0.455. The van der Waals surface area contributed by atoms with E-state index in [9.17, 15) is 17.2 Å². The highest BCUT2D eigenvalue weighted by Gasteiger charge is 2.29. The Morgan fingerprint density at radius 1 is 1.17 bits per heavy atom. The second kappa shape index (κ2) is 4.91. The zero-order valence-corrected chi connectivity index (χ0v) is 10.7. The molecular formula is C11H14F2N2O2S. The summed E-state index contributed by atoms with van der Waals surface area (Å²) in [5, 5.41) is 3.00. The minimum atomic E-state index is -3.95. The first-order valence-electron chi connectivity index (χ1n) is 5.59. The molecule has 1 heterocycles. The first-order chi connectivity index (χ1) is 8.43. The lowest BCUT2D eigenvalue weighted by Gasteiger charge is -2.26. The first-order valence-corrected chi connectivity index (χ1v) is 7.03. The topological polar surface area (TPSA) is 49.4 Å². The summed E-state index contributed by atoms with van der Waals surface area (Å²) in [5.41, 5.74) is 0.0896. The Bertz CT molecular complexity index is 554. The van der Waals surface area contributed by atoms with Crippen LogP contribution < -0.4 is 5.32 Å². The average Bonchev–Trinajstić information content (AvgIpc) is 2.34. The monoisotopic (exact) mass is 276 g/mol. The van der Waals surface area contributed by atoms with Crippen LogP contribution >= 0.6 is 0 Å². The summed E-state index contributed by atoms with van der Waals surface area (Å²) in [6.45, 7) is 2.93. The van der Waals surface area contributed by atoms with Crippen molar-refractivity contribution in [3.8, 4) is 0 Å². The van der Waals surface area contributed by atoms with Gasteiger partial charge in [-0.3, -0.25) is 0 Å². The summed E-state index contributed by atoms with van der Waals surface area (Å²) in [6, 6.07) is 1.66. The molecule has 18 heavy (non-hydrogen) atoms. The molecule has 100 valence electrons. The van der Waals surface area contributed by atoms with Gasteiger partial charge in [0.1, 0.15) is 16.5 Å². The first kappa shape index (κ1) is 13.4. The van der Waals surface area contributed by atoms with E-state index >= 15 is 0 Å². The minimum Gasteiger partial charge on any atom is -0.314 e. The van der Waals surface area contributed by atoms with Crippen LogP contribution in [0.15, 0.2) is 17.0 Å². The maximum atomic E-state index is 13.7. The predicted molar refractivity (Wildman–Crippen MR) is 62.7 cm³/mol. The summed E-state index contributed by atoms with van der Waals surface area (Å²) in [6.07, 6.45) is 0. The van der Waals surface area contributed by atoms with Crippen molar-refractivity contribution < 1.29 is 17.2 Å². The average molecular weight is 276 g/mol. The molecule has 7 heteroatoms. The molecule has 0 aromatic heterocycles. The van der Waals surface area contributed by atoms with Crippen LogP contribution in [-0.2, 0) is 10.0 Å². The van der Waals surface area contributed by atoms with Crippen LogP contribution in [0.4, 0.5) is 8.78 Å². The van der Waals surface area contributed by atoms with Gasteiger partial charge in [0.25, 0.3) is 0 Å². The molecule has 0 spiro atoms. The Balaban J connectivity index is 2.43. The van der Waals surface area contributed by atoms with Gasteiger partial charge in [0.15, 0.2) is 0 Å². The number of hydrogen-bond acceptors (Lipinski definition) is 3. The van der Waals surface area contributed by atoms with Gasteiger partial charge in [-0.15, -0.1) is 0 Å². The normalized spacial score (nSPS) is 17.9. The Kier molecular flexibility index (Phi) is 3.65. The lowest BCUT2D eigenvalue weighted by molar-refractivity contribution is 0.358. The second-order valence-corrected chi connectivity index (χ2v) is 6.09. The van der Waals surface area contributed by atoms with Gasteiger partial charge in [-0.2, -0.15) is 4.31 Å². The van der Waals surface area contributed by atoms with Crippen LogP contribution in [-0.4, -0.2) is 38.9 Å². The van der Waals surface area contributed by atoms with Crippen molar-refractivity contribution >= 4 is 10.0 Å². The Labute approximate surface area is 105 Å². The van der Waals surface area contributed by atoms with Crippen molar-refractivity contribution in [1.82, 2.24) is 9.62 Å². The number of sulfonamides is 1. The van der Waals surface area contributed by atoms with Gasteiger partial charge in [0.2, 0.25) is 10.0 Å². The number of rotatable bonds is 2. The van der Waals surface area contributed by atoms with Crippen LogP contribution in [0.2, 0.25) is 0 Å². The van der Waals surface area contributed by atoms with Crippen molar-refractivity contribution in [1.29, 1.82) is 0 Å². The van der Waals surface area contributed by atoms with Crippen molar-refractivity contribution in [3.05, 3.63) is 29.3 Å². The summed E-state index contributed by atoms with van der Waals surface area (Å²) in [5.74, 6) is -1.63. The second-order valence-electron chi connectivity index (χ2n) is 4.19. The molecule has 4 nitrogen and oxygen atoms in total. The van der Waals surface area contributed by atoms with E-state index in [1.54, 1.807) is 0 Å². The van der Waals surface area contributed by atoms with E-state index in [4.69, 9.17) is 0 Å². The summed E-state index contributed by atoms with van der Waals surface area (Å²) >= 11 is 0. The molecule has 1 fully saturated rings. The highest BCUT2D eigenvalue weighted by atomic mass is 32.2. The third kappa shape index (κ3) is 2.38. The molecule has 1 N–H and O–H groups in total. The smallest absolute Gasteiger partial charge is 0.246 e. The highest BCUT2D eigenvalue weighted by molar-refractivity contribution is 7.89. The molecule has 1 aromatic carbocycles. The zero-order valence-electron chi connectivity index (χ0n) is 9.91. The number of nitrogens with zero attached hydrogens (tertiary/aromatic N) is 1. The van der Waals surface area contributed by atoms with Gasteiger partial charge in [0.05, 0.1) is 0 Å². The summed E-state index contributed by atoms with van der Waals surface area (Å²) in [4.78, 5) is -0.590. The highest BCUT2D eigenvalue weighted by Crippen LogP contribution is 2.22. The largest absolute Gasteiger partial charge is 0.314 e. The van der Waals surface area contributed by atoms with Crippen LogP contribution in [0.3, 0.4) is 0 Å². The van der Waals surface area contributed by atoms with Gasteiger partial charge >= 0.3 is 0 Å². The van der Waals surface area contributed by atoms with Gasteiger partial charge in [0, 0.05) is 26.2 Å². The van der Waals surface area contributed by atoms with E-state index in [1.165, 1.54) is 6.92 Å². The number of nitrogens with one attached hydrogen (secondary N) is 1. The van der Waals surface area contributed by atoms with E-state index < -0.39 is 26.6 Å². The van der Waals surface area contributed by atoms with E-state index in [2.05, 4.69) is 5.32 Å². The molecule has 0 unspecified atom stereocenters. The van der Waals surface area contributed by atoms with Gasteiger partial charge in [-0.05, 0) is 24.6 Å². The Hall–Kier alpha value is -1.05. The molecule has 1 aromatic rings. The number of halogens is 2. The maximum Gasteiger partial charge on any atom is 0.246 e. The SMILES string of the molecule is Cc1cc(F)c(S(=O)(=O)N2CCNCC2)cc1F. The summed E-state index contributed by atoms with van der Waals surface area (Å²) in [7, 11) is -3.95. The molecule has 1 saturated heterocycles. The number of benzene rings is 1. The van der Waals surface area contributed by atoms with E-state index in [0.717, 1.165) is 16.4 Å². The van der Waals surface area contributed by atoms with Crippen LogP contribution in [0.25, 0.3) is 0 Å². The van der Waals surface area contributed by atoms with Crippen LogP contribution in [0.5, 0.6) is 0 Å². The van der Waals surface area contributed by atoms with E-state index in [1.807, 2.05) is 0 Å². The molecule has 2 rings (SSSR count). The fourth-order valence-corrected chi connectivity index (χ4v) is 3.35. The van der Waals surface area contributed by atoms with E-state index in [-0.39, 0.29) is 18.7 Å². The molecule has 0 atom stereocenters. The van der Waals surface area contributed by atoms with Crippen LogP contribution in [0.1, 0.15) is 5.56 Å².